The maximum atomic E-state index is 13.6. The smallest absolute Gasteiger partial charge is 0.266 e. The summed E-state index contributed by atoms with van der Waals surface area (Å²) in [5.41, 5.74) is 9.98. The van der Waals surface area contributed by atoms with E-state index in [-0.39, 0.29) is 24.4 Å². The molecule has 1 aromatic carbocycles. The molecule has 1 saturated heterocycles. The zero-order valence-corrected chi connectivity index (χ0v) is 23.6. The Morgan fingerprint density at radius 1 is 1.24 bits per heavy atom. The van der Waals surface area contributed by atoms with Crippen molar-refractivity contribution in [1.29, 1.82) is 0 Å². The van der Waals surface area contributed by atoms with E-state index in [1.165, 1.54) is 16.7 Å². The summed E-state index contributed by atoms with van der Waals surface area (Å²) in [6.45, 7) is 9.76. The molecule has 2 aromatic rings. The number of amidine groups is 1. The first-order valence-electron chi connectivity index (χ1n) is 12.8. The number of carbonyl (C=O) groups is 1. The van der Waals surface area contributed by atoms with Gasteiger partial charge in [0, 0.05) is 13.0 Å². The zero-order chi connectivity index (χ0) is 25.4. The third-order valence-corrected chi connectivity index (χ3v) is 8.62. The second kappa shape index (κ2) is 10.9. The molecule has 2 N–H and O–H groups in total. The molecule has 2 aliphatic heterocycles. The standard InChI is InChI=1S/C29H35N3O3S.ClH/c1-18-16-19(2)24-11-13-29(4,35-26(24)20(18)3)28(33)32-14-12-23(17-32)34-22-9-7-21(8-10-22)31-27(30)25-6-5-15-36-25;/h5-10,15,19,23H,11-14,16-17H2,1-4H3,(H2,30,31);1H/t19?,23-,29?;/m0./s1. The fourth-order valence-corrected chi connectivity index (χ4v) is 6.08. The Morgan fingerprint density at radius 3 is 2.70 bits per heavy atom. The van der Waals surface area contributed by atoms with Crippen LogP contribution in [-0.4, -0.2) is 41.4 Å². The molecule has 6 nitrogen and oxygen atoms in total. The summed E-state index contributed by atoms with van der Waals surface area (Å²) in [6, 6.07) is 11.5. The summed E-state index contributed by atoms with van der Waals surface area (Å²) < 4.78 is 12.7. The second-order valence-electron chi connectivity index (χ2n) is 10.4. The molecule has 0 bridgehead atoms. The molecule has 2 unspecified atom stereocenters. The predicted molar refractivity (Wildman–Crippen MR) is 152 cm³/mol. The Bertz CT molecular complexity index is 1240. The number of aliphatic imine (C=N–C) groups is 1. The molecule has 0 spiro atoms. The van der Waals surface area contributed by atoms with Crippen molar-refractivity contribution in [3.63, 3.8) is 0 Å². The molecule has 1 aliphatic carbocycles. The van der Waals surface area contributed by atoms with E-state index in [0.717, 1.165) is 47.8 Å². The van der Waals surface area contributed by atoms with Crippen LogP contribution in [0.1, 0.15) is 58.3 Å². The number of nitrogens with two attached hydrogens (primary N) is 1. The third kappa shape index (κ3) is 5.58. The molecule has 1 fully saturated rings. The van der Waals surface area contributed by atoms with Gasteiger partial charge in [0.05, 0.1) is 17.1 Å². The number of allylic oxidation sites excluding steroid dienone is 3. The maximum absolute atomic E-state index is 13.6. The third-order valence-electron chi connectivity index (χ3n) is 7.73. The van der Waals surface area contributed by atoms with Crippen LogP contribution in [0.15, 0.2) is 69.2 Å². The van der Waals surface area contributed by atoms with E-state index in [1.54, 1.807) is 11.3 Å². The van der Waals surface area contributed by atoms with Gasteiger partial charge in [0.1, 0.15) is 23.4 Å². The molecule has 3 heterocycles. The van der Waals surface area contributed by atoms with E-state index in [2.05, 4.69) is 25.8 Å². The van der Waals surface area contributed by atoms with E-state index in [1.807, 2.05) is 53.6 Å². The zero-order valence-electron chi connectivity index (χ0n) is 22.0. The number of rotatable bonds is 5. The summed E-state index contributed by atoms with van der Waals surface area (Å²) in [4.78, 5) is 20.9. The topological polar surface area (TPSA) is 77.2 Å². The van der Waals surface area contributed by atoms with Crippen molar-refractivity contribution in [2.24, 2.45) is 16.6 Å². The number of hydrogen-bond acceptors (Lipinski definition) is 5. The highest BCUT2D eigenvalue weighted by Gasteiger charge is 2.46. The highest BCUT2D eigenvalue weighted by Crippen LogP contribution is 2.44. The van der Waals surface area contributed by atoms with Crippen molar-refractivity contribution in [1.82, 2.24) is 4.90 Å². The van der Waals surface area contributed by atoms with Crippen molar-refractivity contribution in [2.75, 3.05) is 13.1 Å². The average Bonchev–Trinajstić information content (AvgIpc) is 3.56. The fraction of sp³-hybridized carbons (Fsp3) is 0.448. The van der Waals surface area contributed by atoms with Gasteiger partial charge < -0.3 is 20.1 Å². The second-order valence-corrected chi connectivity index (χ2v) is 11.4. The van der Waals surface area contributed by atoms with E-state index < -0.39 is 5.60 Å². The van der Waals surface area contributed by atoms with Crippen LogP contribution in [0.5, 0.6) is 5.75 Å². The molecule has 1 aromatic heterocycles. The number of benzene rings is 1. The highest BCUT2D eigenvalue weighted by molar-refractivity contribution is 7.12. The molecule has 3 atom stereocenters. The largest absolute Gasteiger partial charge is 0.489 e. The fourth-order valence-electron chi connectivity index (χ4n) is 5.45. The predicted octanol–water partition coefficient (Wildman–Crippen LogP) is 6.39. The van der Waals surface area contributed by atoms with Gasteiger partial charge in [0.25, 0.3) is 5.91 Å². The lowest BCUT2D eigenvalue weighted by atomic mass is 9.78. The summed E-state index contributed by atoms with van der Waals surface area (Å²) in [5, 5.41) is 1.98. The summed E-state index contributed by atoms with van der Waals surface area (Å²) in [6.07, 6.45) is 3.48. The highest BCUT2D eigenvalue weighted by atomic mass is 35.5. The molecule has 8 heteroatoms. The number of thiophene rings is 1. The summed E-state index contributed by atoms with van der Waals surface area (Å²) >= 11 is 1.57. The van der Waals surface area contributed by atoms with Gasteiger partial charge in [-0.2, -0.15) is 0 Å². The van der Waals surface area contributed by atoms with E-state index in [9.17, 15) is 4.79 Å². The molecule has 198 valence electrons. The number of likely N-dealkylation sites (tertiary alicyclic amines) is 1. The van der Waals surface area contributed by atoms with Gasteiger partial charge in [-0.1, -0.05) is 18.6 Å². The molecule has 5 rings (SSSR count). The van der Waals surface area contributed by atoms with Crippen LogP contribution in [0, 0.1) is 5.92 Å². The van der Waals surface area contributed by atoms with Crippen molar-refractivity contribution in [2.45, 2.75) is 65.1 Å². The molecular formula is C29H36ClN3O3S. The summed E-state index contributed by atoms with van der Waals surface area (Å²) in [5.74, 6) is 2.79. The monoisotopic (exact) mass is 541 g/mol. The minimum Gasteiger partial charge on any atom is -0.489 e. The molecule has 37 heavy (non-hydrogen) atoms. The van der Waals surface area contributed by atoms with Crippen LogP contribution < -0.4 is 10.5 Å². The van der Waals surface area contributed by atoms with Crippen LogP contribution in [0.3, 0.4) is 0 Å². The van der Waals surface area contributed by atoms with E-state index in [4.69, 9.17) is 15.2 Å². The van der Waals surface area contributed by atoms with Crippen LogP contribution >= 0.6 is 23.7 Å². The number of nitrogens with zero attached hydrogens (tertiary/aromatic N) is 2. The quantitative estimate of drug-likeness (QED) is 0.351. The van der Waals surface area contributed by atoms with Crippen LogP contribution in [0.25, 0.3) is 0 Å². The number of hydrogen-bond donors (Lipinski definition) is 1. The van der Waals surface area contributed by atoms with Crippen molar-refractivity contribution < 1.29 is 14.3 Å². The first-order valence-corrected chi connectivity index (χ1v) is 13.6. The van der Waals surface area contributed by atoms with Gasteiger partial charge in [0.2, 0.25) is 0 Å². The molecular weight excluding hydrogens is 506 g/mol. The first-order chi connectivity index (χ1) is 17.2. The lowest BCUT2D eigenvalue weighted by molar-refractivity contribution is -0.153. The number of carbonyl (C=O) groups excluding carboxylic acids is 1. The Kier molecular flexibility index (Phi) is 8.05. The molecule has 3 aliphatic rings. The van der Waals surface area contributed by atoms with Gasteiger partial charge >= 0.3 is 0 Å². The van der Waals surface area contributed by atoms with Crippen LogP contribution in [0.4, 0.5) is 5.69 Å². The minimum absolute atomic E-state index is 0. The van der Waals surface area contributed by atoms with E-state index >= 15 is 0 Å². The Morgan fingerprint density at radius 2 is 2.00 bits per heavy atom. The first kappa shape index (κ1) is 27.3. The van der Waals surface area contributed by atoms with Gasteiger partial charge in [-0.15, -0.1) is 23.7 Å². The van der Waals surface area contributed by atoms with Gasteiger partial charge in [-0.05, 0) is 92.8 Å². The van der Waals surface area contributed by atoms with Crippen molar-refractivity contribution >= 4 is 41.2 Å². The SMILES string of the molecule is CC1=C(C)C2=C(CCC(C)(C(=O)N3CC[C@H](Oc4ccc(N=C(N)c5cccs5)cc4)C3)O2)C(C)C1.Cl. The number of ether oxygens (including phenoxy) is 2. The number of amides is 1. The lowest BCUT2D eigenvalue weighted by Crippen LogP contribution is -2.50. The van der Waals surface area contributed by atoms with Gasteiger partial charge in [-0.3, -0.25) is 4.79 Å². The summed E-state index contributed by atoms with van der Waals surface area (Å²) in [7, 11) is 0. The maximum Gasteiger partial charge on any atom is 0.266 e. The van der Waals surface area contributed by atoms with Crippen LogP contribution in [-0.2, 0) is 9.53 Å². The van der Waals surface area contributed by atoms with Gasteiger partial charge in [-0.25, -0.2) is 4.99 Å². The van der Waals surface area contributed by atoms with Crippen molar-refractivity contribution in [3.8, 4) is 5.75 Å². The molecule has 0 saturated carbocycles. The number of halogens is 1. The van der Waals surface area contributed by atoms with Crippen molar-refractivity contribution in [3.05, 3.63) is 69.1 Å². The molecule has 0 radical (unpaired) electrons. The van der Waals surface area contributed by atoms with Crippen LogP contribution in [0.2, 0.25) is 0 Å². The lowest BCUT2D eigenvalue weighted by Gasteiger charge is -2.41. The van der Waals surface area contributed by atoms with Gasteiger partial charge in [0.15, 0.2) is 5.60 Å². The molecule has 1 amide bonds. The average molecular weight is 542 g/mol. The minimum atomic E-state index is -0.825. The Labute approximate surface area is 229 Å². The normalized spacial score (nSPS) is 25.9. The Balaban J connectivity index is 0.00000320. The Hall–Kier alpha value is -2.77. The van der Waals surface area contributed by atoms with E-state index in [0.29, 0.717) is 24.8 Å².